The minimum absolute atomic E-state index is 0.0546. The van der Waals surface area contributed by atoms with E-state index >= 15 is 0 Å². The first-order valence-electron chi connectivity index (χ1n) is 10.2. The van der Waals surface area contributed by atoms with Crippen molar-refractivity contribution in [2.24, 2.45) is 5.92 Å². The lowest BCUT2D eigenvalue weighted by molar-refractivity contribution is 0.0952. The van der Waals surface area contributed by atoms with Gasteiger partial charge in [-0.2, -0.15) is 4.52 Å². The standard InChI is InChI=1S/C20H27N5O2S/c1-14-6-5-11-24(13-14)20-23-25-18(27)16(12-22-19(25)28-20)17(26)21-10-9-15-7-3-2-4-8-15/h7,12,14H,2-6,8-11,13H2,1H3,(H,21,26)/t14-/m1/s1. The van der Waals surface area contributed by atoms with E-state index < -0.39 is 5.56 Å². The molecule has 1 aliphatic carbocycles. The zero-order valence-corrected chi connectivity index (χ0v) is 17.1. The number of hydrogen-bond acceptors (Lipinski definition) is 6. The normalized spacial score (nSPS) is 20.2. The second kappa shape index (κ2) is 8.43. The molecule has 150 valence electrons. The van der Waals surface area contributed by atoms with Crippen molar-refractivity contribution in [3.63, 3.8) is 0 Å². The summed E-state index contributed by atoms with van der Waals surface area (Å²) < 4.78 is 1.28. The lowest BCUT2D eigenvalue weighted by Crippen LogP contribution is -2.35. The molecule has 1 atom stereocenters. The number of rotatable bonds is 5. The number of nitrogens with one attached hydrogen (secondary N) is 1. The Labute approximate surface area is 168 Å². The van der Waals surface area contributed by atoms with E-state index in [9.17, 15) is 9.59 Å². The van der Waals surface area contributed by atoms with Gasteiger partial charge in [0.15, 0.2) is 0 Å². The van der Waals surface area contributed by atoms with Crippen LogP contribution >= 0.6 is 11.3 Å². The molecule has 2 aromatic rings. The van der Waals surface area contributed by atoms with Crippen LogP contribution in [-0.4, -0.2) is 40.1 Å². The highest BCUT2D eigenvalue weighted by molar-refractivity contribution is 7.20. The average molecular weight is 402 g/mol. The van der Waals surface area contributed by atoms with Crippen LogP contribution in [0.2, 0.25) is 0 Å². The van der Waals surface area contributed by atoms with E-state index in [-0.39, 0.29) is 11.5 Å². The van der Waals surface area contributed by atoms with E-state index in [2.05, 4.69) is 33.3 Å². The van der Waals surface area contributed by atoms with Crippen molar-refractivity contribution >= 4 is 27.3 Å². The quantitative estimate of drug-likeness (QED) is 0.779. The predicted molar refractivity (Wildman–Crippen MR) is 111 cm³/mol. The third-order valence-corrected chi connectivity index (χ3v) is 6.55. The van der Waals surface area contributed by atoms with Gasteiger partial charge in [0.1, 0.15) is 5.56 Å². The van der Waals surface area contributed by atoms with Crippen molar-refractivity contribution in [3.05, 3.63) is 33.8 Å². The van der Waals surface area contributed by atoms with E-state index in [4.69, 9.17) is 0 Å². The molecule has 2 aromatic heterocycles. The highest BCUT2D eigenvalue weighted by Crippen LogP contribution is 2.26. The van der Waals surface area contributed by atoms with Gasteiger partial charge in [-0.3, -0.25) is 9.59 Å². The molecule has 1 saturated heterocycles. The summed E-state index contributed by atoms with van der Waals surface area (Å²) in [6.45, 7) is 4.66. The van der Waals surface area contributed by atoms with Crippen molar-refractivity contribution in [1.29, 1.82) is 0 Å². The molecule has 0 unspecified atom stereocenters. The van der Waals surface area contributed by atoms with Crippen LogP contribution in [-0.2, 0) is 0 Å². The third kappa shape index (κ3) is 4.11. The van der Waals surface area contributed by atoms with Crippen molar-refractivity contribution in [3.8, 4) is 0 Å². The zero-order chi connectivity index (χ0) is 19.5. The Morgan fingerprint density at radius 1 is 1.36 bits per heavy atom. The Bertz CT molecular complexity index is 948. The Hall–Kier alpha value is -2.22. The van der Waals surface area contributed by atoms with Crippen LogP contribution < -0.4 is 15.8 Å². The van der Waals surface area contributed by atoms with Crippen LogP contribution in [0.1, 0.15) is 62.2 Å². The average Bonchev–Trinajstić information content (AvgIpc) is 3.14. The van der Waals surface area contributed by atoms with Gasteiger partial charge in [0, 0.05) is 25.8 Å². The smallest absolute Gasteiger partial charge is 0.288 e. The second-order valence-corrected chi connectivity index (χ2v) is 8.80. The molecule has 1 N–H and O–H groups in total. The number of hydrogen-bond donors (Lipinski definition) is 1. The molecule has 1 amide bonds. The number of allylic oxidation sites excluding steroid dienone is 1. The molecule has 1 aliphatic heterocycles. The van der Waals surface area contributed by atoms with E-state index in [0.717, 1.165) is 43.9 Å². The highest BCUT2D eigenvalue weighted by Gasteiger charge is 2.22. The Balaban J connectivity index is 1.46. The number of fused-ring (bicyclic) bond motifs is 1. The number of carbonyl (C=O) groups is 1. The van der Waals surface area contributed by atoms with Gasteiger partial charge < -0.3 is 10.2 Å². The minimum atomic E-state index is -0.396. The summed E-state index contributed by atoms with van der Waals surface area (Å²) in [5.74, 6) is 0.246. The highest BCUT2D eigenvalue weighted by atomic mass is 32.1. The molecule has 0 bridgehead atoms. The fourth-order valence-corrected chi connectivity index (χ4v) is 4.88. The molecule has 7 nitrogen and oxygen atoms in total. The molecule has 0 radical (unpaired) electrons. The predicted octanol–water partition coefficient (Wildman–Crippen LogP) is 3.01. The van der Waals surface area contributed by atoms with Gasteiger partial charge in [-0.15, -0.1) is 5.10 Å². The van der Waals surface area contributed by atoms with Crippen LogP contribution in [0.15, 0.2) is 22.6 Å². The topological polar surface area (TPSA) is 79.6 Å². The van der Waals surface area contributed by atoms with Crippen molar-refractivity contribution < 1.29 is 4.79 Å². The van der Waals surface area contributed by atoms with Gasteiger partial charge in [0.05, 0.1) is 0 Å². The number of anilines is 1. The van der Waals surface area contributed by atoms with Crippen molar-refractivity contribution in [1.82, 2.24) is 19.9 Å². The molecule has 0 saturated carbocycles. The van der Waals surface area contributed by atoms with E-state index in [1.807, 2.05) is 0 Å². The fraction of sp³-hybridized carbons (Fsp3) is 0.600. The van der Waals surface area contributed by atoms with Gasteiger partial charge in [0.2, 0.25) is 10.1 Å². The first kappa shape index (κ1) is 19.1. The number of amides is 1. The second-order valence-electron chi connectivity index (χ2n) is 7.86. The summed E-state index contributed by atoms with van der Waals surface area (Å²) in [7, 11) is 0. The molecule has 3 heterocycles. The molecular formula is C20H27N5O2S. The maximum atomic E-state index is 12.8. The van der Waals surface area contributed by atoms with Gasteiger partial charge in [-0.05, 0) is 50.9 Å². The van der Waals surface area contributed by atoms with E-state index in [1.54, 1.807) is 0 Å². The van der Waals surface area contributed by atoms with E-state index in [1.165, 1.54) is 46.9 Å². The molecule has 8 heteroatoms. The molecular weight excluding hydrogens is 374 g/mol. The van der Waals surface area contributed by atoms with Crippen LogP contribution in [0.3, 0.4) is 0 Å². The number of carbonyl (C=O) groups excluding carboxylic acids is 1. The molecule has 4 rings (SSSR count). The maximum absolute atomic E-state index is 12.8. The van der Waals surface area contributed by atoms with Gasteiger partial charge in [0.25, 0.3) is 11.5 Å². The summed E-state index contributed by atoms with van der Waals surface area (Å²) in [6.07, 6.45) is 11.6. The summed E-state index contributed by atoms with van der Waals surface area (Å²) >= 11 is 1.40. The van der Waals surface area contributed by atoms with Gasteiger partial charge in [-0.25, -0.2) is 4.98 Å². The molecule has 0 aromatic carbocycles. The van der Waals surface area contributed by atoms with Crippen LogP contribution in [0.5, 0.6) is 0 Å². The van der Waals surface area contributed by atoms with Gasteiger partial charge >= 0.3 is 0 Å². The first-order chi connectivity index (χ1) is 13.6. The Kier molecular flexibility index (Phi) is 5.75. The fourth-order valence-electron chi connectivity index (χ4n) is 3.99. The van der Waals surface area contributed by atoms with Crippen molar-refractivity contribution in [2.75, 3.05) is 24.5 Å². The van der Waals surface area contributed by atoms with Crippen LogP contribution in [0, 0.1) is 5.92 Å². The first-order valence-corrected chi connectivity index (χ1v) is 11.0. The molecule has 1 fully saturated rings. The SMILES string of the molecule is C[C@@H]1CCCN(c2nn3c(=O)c(C(=O)NCCC4=CCCCC4)cnc3s2)C1. The minimum Gasteiger partial charge on any atom is -0.351 e. The number of aromatic nitrogens is 3. The van der Waals surface area contributed by atoms with Crippen LogP contribution in [0.25, 0.3) is 4.96 Å². The summed E-state index contributed by atoms with van der Waals surface area (Å²) in [4.78, 5) is 32.3. The molecule has 2 aliphatic rings. The Morgan fingerprint density at radius 2 is 2.25 bits per heavy atom. The Morgan fingerprint density at radius 3 is 3.04 bits per heavy atom. The van der Waals surface area contributed by atoms with Gasteiger partial charge in [-0.1, -0.05) is 29.9 Å². The van der Waals surface area contributed by atoms with Crippen LogP contribution in [0.4, 0.5) is 5.13 Å². The number of nitrogens with zero attached hydrogens (tertiary/aromatic N) is 4. The molecule has 0 spiro atoms. The third-order valence-electron chi connectivity index (χ3n) is 5.57. The summed E-state index contributed by atoms with van der Waals surface area (Å²) in [5.41, 5.74) is 1.06. The zero-order valence-electron chi connectivity index (χ0n) is 16.3. The monoisotopic (exact) mass is 401 g/mol. The molecule has 28 heavy (non-hydrogen) atoms. The number of piperidine rings is 1. The summed E-state index contributed by atoms with van der Waals surface area (Å²) in [5, 5.41) is 8.13. The lowest BCUT2D eigenvalue weighted by Gasteiger charge is -2.30. The van der Waals surface area contributed by atoms with E-state index in [0.29, 0.717) is 17.4 Å². The van der Waals surface area contributed by atoms with Crippen molar-refractivity contribution in [2.45, 2.75) is 51.9 Å². The maximum Gasteiger partial charge on any atom is 0.288 e. The lowest BCUT2D eigenvalue weighted by atomic mass is 9.97. The largest absolute Gasteiger partial charge is 0.351 e. The summed E-state index contributed by atoms with van der Waals surface area (Å²) in [6, 6.07) is 0.